The molecule has 0 saturated carbocycles. The van der Waals surface area contributed by atoms with E-state index in [1.54, 1.807) is 0 Å². The highest BCUT2D eigenvalue weighted by molar-refractivity contribution is 7.99. The van der Waals surface area contributed by atoms with Gasteiger partial charge in [0, 0.05) is 6.42 Å². The molecule has 18 heavy (non-hydrogen) atoms. The summed E-state index contributed by atoms with van der Waals surface area (Å²) in [5.41, 5.74) is -0.468. The summed E-state index contributed by atoms with van der Waals surface area (Å²) in [5.74, 6) is 1.55. The molecule has 1 saturated heterocycles. The molecule has 1 atom stereocenters. The topological polar surface area (TPSA) is 66.4 Å². The Morgan fingerprint density at radius 3 is 2.33 bits per heavy atom. The molecule has 1 aliphatic heterocycles. The number of rotatable bonds is 4. The van der Waals surface area contributed by atoms with Crippen molar-refractivity contribution >= 4 is 23.6 Å². The maximum Gasteiger partial charge on any atom is 0.326 e. The Labute approximate surface area is 113 Å². The van der Waals surface area contributed by atoms with Crippen molar-refractivity contribution in [1.29, 1.82) is 0 Å². The average Bonchev–Trinajstić information content (AvgIpc) is 2.25. The molecule has 4 nitrogen and oxygen atoms in total. The van der Waals surface area contributed by atoms with Crippen LogP contribution < -0.4 is 5.32 Å². The van der Waals surface area contributed by atoms with Crippen LogP contribution in [0.2, 0.25) is 0 Å². The van der Waals surface area contributed by atoms with Crippen molar-refractivity contribution in [1.82, 2.24) is 5.32 Å². The normalized spacial score (nSPS) is 19.3. The van der Waals surface area contributed by atoms with Crippen molar-refractivity contribution in [2.24, 2.45) is 11.3 Å². The van der Waals surface area contributed by atoms with Crippen LogP contribution >= 0.6 is 11.8 Å². The summed E-state index contributed by atoms with van der Waals surface area (Å²) in [6.45, 7) is 5.47. The van der Waals surface area contributed by atoms with Crippen LogP contribution in [0.25, 0.3) is 0 Å². The standard InChI is InChI=1S/C13H23NO3S/c1-13(2,3)11(12(16)17)14-10(15)8-9-4-6-18-7-5-9/h9,11H,4-8H2,1-3H3,(H,14,15)(H,16,17)/t11-/m0/s1. The Kier molecular flexibility index (Phi) is 5.50. The summed E-state index contributed by atoms with van der Waals surface area (Å²) in [7, 11) is 0. The summed E-state index contributed by atoms with van der Waals surface area (Å²) < 4.78 is 0. The summed E-state index contributed by atoms with van der Waals surface area (Å²) in [4.78, 5) is 23.0. The van der Waals surface area contributed by atoms with Crippen molar-refractivity contribution in [2.45, 2.75) is 46.1 Å². The zero-order valence-electron chi connectivity index (χ0n) is 11.4. The summed E-state index contributed by atoms with van der Waals surface area (Å²) in [5, 5.41) is 11.8. The second kappa shape index (κ2) is 6.45. The molecule has 1 heterocycles. The molecule has 2 N–H and O–H groups in total. The molecular weight excluding hydrogens is 250 g/mol. The van der Waals surface area contributed by atoms with E-state index in [9.17, 15) is 9.59 Å². The summed E-state index contributed by atoms with van der Waals surface area (Å²) >= 11 is 1.92. The molecular formula is C13H23NO3S. The molecule has 1 amide bonds. The van der Waals surface area contributed by atoms with E-state index in [1.165, 1.54) is 0 Å². The maximum absolute atomic E-state index is 11.9. The minimum Gasteiger partial charge on any atom is -0.480 e. The van der Waals surface area contributed by atoms with E-state index < -0.39 is 17.4 Å². The number of thioether (sulfide) groups is 1. The first-order valence-corrected chi connectivity index (χ1v) is 7.56. The largest absolute Gasteiger partial charge is 0.480 e. The van der Waals surface area contributed by atoms with Crippen LogP contribution in [-0.4, -0.2) is 34.5 Å². The number of carboxylic acid groups (broad SMARTS) is 1. The average molecular weight is 273 g/mol. The van der Waals surface area contributed by atoms with Crippen molar-refractivity contribution in [2.75, 3.05) is 11.5 Å². The Hall–Kier alpha value is -0.710. The molecule has 0 radical (unpaired) electrons. The zero-order valence-corrected chi connectivity index (χ0v) is 12.2. The van der Waals surface area contributed by atoms with Crippen LogP contribution in [0.1, 0.15) is 40.0 Å². The molecule has 104 valence electrons. The molecule has 5 heteroatoms. The van der Waals surface area contributed by atoms with Gasteiger partial charge < -0.3 is 10.4 Å². The van der Waals surface area contributed by atoms with Gasteiger partial charge in [0.2, 0.25) is 5.91 Å². The zero-order chi connectivity index (χ0) is 13.8. The second-order valence-corrected chi connectivity index (χ2v) is 7.19. The Morgan fingerprint density at radius 1 is 1.33 bits per heavy atom. The number of nitrogens with one attached hydrogen (secondary N) is 1. The smallest absolute Gasteiger partial charge is 0.326 e. The summed E-state index contributed by atoms with van der Waals surface area (Å²) in [6.07, 6.45) is 2.58. The van der Waals surface area contributed by atoms with Gasteiger partial charge in [-0.25, -0.2) is 4.79 Å². The SMILES string of the molecule is CC(C)(C)[C@@H](NC(=O)CC1CCSCC1)C(=O)O. The molecule has 1 aliphatic rings. The van der Waals surface area contributed by atoms with Crippen molar-refractivity contribution in [3.05, 3.63) is 0 Å². The second-order valence-electron chi connectivity index (χ2n) is 5.96. The van der Waals surface area contributed by atoms with Gasteiger partial charge in [0.15, 0.2) is 0 Å². The molecule has 0 aromatic carbocycles. The van der Waals surface area contributed by atoms with Crippen LogP contribution in [-0.2, 0) is 9.59 Å². The van der Waals surface area contributed by atoms with Crippen molar-refractivity contribution < 1.29 is 14.7 Å². The first kappa shape index (κ1) is 15.3. The molecule has 0 spiro atoms. The van der Waals surface area contributed by atoms with Gasteiger partial charge in [-0.2, -0.15) is 11.8 Å². The van der Waals surface area contributed by atoms with Gasteiger partial charge in [-0.15, -0.1) is 0 Å². The van der Waals surface area contributed by atoms with Gasteiger partial charge in [0.25, 0.3) is 0 Å². The highest BCUT2D eigenvalue weighted by Crippen LogP contribution is 2.26. The van der Waals surface area contributed by atoms with Gasteiger partial charge in [-0.05, 0) is 35.7 Å². The number of hydrogen-bond donors (Lipinski definition) is 2. The predicted octanol–water partition coefficient (Wildman–Crippen LogP) is 2.14. The number of carboxylic acids is 1. The lowest BCUT2D eigenvalue weighted by atomic mass is 9.86. The first-order chi connectivity index (χ1) is 8.30. The van der Waals surface area contributed by atoms with Gasteiger partial charge in [0.05, 0.1) is 0 Å². The van der Waals surface area contributed by atoms with Crippen molar-refractivity contribution in [3.8, 4) is 0 Å². The van der Waals surface area contributed by atoms with E-state index in [0.717, 1.165) is 24.3 Å². The van der Waals surface area contributed by atoms with E-state index >= 15 is 0 Å². The van der Waals surface area contributed by atoms with E-state index in [0.29, 0.717) is 12.3 Å². The molecule has 0 aromatic rings. The highest BCUT2D eigenvalue weighted by Gasteiger charge is 2.33. The lowest BCUT2D eigenvalue weighted by Crippen LogP contribution is -2.49. The molecule has 1 fully saturated rings. The molecule has 0 bridgehead atoms. The Morgan fingerprint density at radius 2 is 1.89 bits per heavy atom. The molecule has 0 aliphatic carbocycles. The van der Waals surface area contributed by atoms with Gasteiger partial charge in [0.1, 0.15) is 6.04 Å². The minimum atomic E-state index is -0.963. The van der Waals surface area contributed by atoms with Gasteiger partial charge in [-0.1, -0.05) is 20.8 Å². The highest BCUT2D eigenvalue weighted by atomic mass is 32.2. The van der Waals surface area contributed by atoms with Crippen LogP contribution in [0, 0.1) is 11.3 Å². The quantitative estimate of drug-likeness (QED) is 0.823. The van der Waals surface area contributed by atoms with Crippen LogP contribution in [0.3, 0.4) is 0 Å². The van der Waals surface area contributed by atoms with E-state index in [2.05, 4.69) is 5.32 Å². The fourth-order valence-corrected chi connectivity index (χ4v) is 3.29. The number of hydrogen-bond acceptors (Lipinski definition) is 3. The van der Waals surface area contributed by atoms with E-state index in [4.69, 9.17) is 5.11 Å². The minimum absolute atomic E-state index is 0.130. The Balaban J connectivity index is 2.48. The first-order valence-electron chi connectivity index (χ1n) is 6.40. The molecule has 0 unspecified atom stereocenters. The van der Waals surface area contributed by atoms with Crippen LogP contribution in [0.4, 0.5) is 0 Å². The summed E-state index contributed by atoms with van der Waals surface area (Å²) in [6, 6.07) is -0.817. The van der Waals surface area contributed by atoms with Crippen molar-refractivity contribution in [3.63, 3.8) is 0 Å². The van der Waals surface area contributed by atoms with Crippen LogP contribution in [0.15, 0.2) is 0 Å². The van der Waals surface area contributed by atoms with Gasteiger partial charge in [-0.3, -0.25) is 4.79 Å². The van der Waals surface area contributed by atoms with Gasteiger partial charge >= 0.3 is 5.97 Å². The number of carbonyl (C=O) groups is 2. The lowest BCUT2D eigenvalue weighted by molar-refractivity contribution is -0.145. The third kappa shape index (κ3) is 4.88. The maximum atomic E-state index is 11.9. The third-order valence-electron chi connectivity index (χ3n) is 3.23. The monoisotopic (exact) mass is 273 g/mol. The Bertz CT molecular complexity index is 306. The third-order valence-corrected chi connectivity index (χ3v) is 4.28. The van der Waals surface area contributed by atoms with E-state index in [1.807, 2.05) is 32.5 Å². The number of amides is 1. The number of carbonyl (C=O) groups excluding carboxylic acids is 1. The number of aliphatic carboxylic acids is 1. The van der Waals surface area contributed by atoms with Crippen LogP contribution in [0.5, 0.6) is 0 Å². The molecule has 0 aromatic heterocycles. The fourth-order valence-electron chi connectivity index (χ4n) is 2.08. The predicted molar refractivity (Wildman–Crippen MR) is 73.7 cm³/mol. The lowest BCUT2D eigenvalue weighted by Gasteiger charge is -2.29. The fraction of sp³-hybridized carbons (Fsp3) is 0.846. The molecule has 1 rings (SSSR count). The van der Waals surface area contributed by atoms with E-state index in [-0.39, 0.29) is 5.91 Å².